The highest BCUT2D eigenvalue weighted by molar-refractivity contribution is 9.10. The van der Waals surface area contributed by atoms with Crippen molar-refractivity contribution < 1.29 is 18.3 Å². The summed E-state index contributed by atoms with van der Waals surface area (Å²) >= 11 is 3.21. The molecule has 0 aliphatic heterocycles. The van der Waals surface area contributed by atoms with Crippen molar-refractivity contribution in [2.75, 3.05) is 5.75 Å². The van der Waals surface area contributed by atoms with Gasteiger partial charge in [-0.25, -0.2) is 13.2 Å². The summed E-state index contributed by atoms with van der Waals surface area (Å²) in [6, 6.07) is 6.38. The summed E-state index contributed by atoms with van der Waals surface area (Å²) in [5.41, 5.74) is -0.218. The smallest absolute Gasteiger partial charge is 0.358 e. The van der Waals surface area contributed by atoms with E-state index in [0.29, 0.717) is 4.47 Å². The molecule has 106 valence electrons. The molecule has 7 nitrogen and oxygen atoms in total. The first-order valence-electron chi connectivity index (χ1n) is 5.50. The Balaban J connectivity index is 2.11. The Morgan fingerprint density at radius 1 is 1.40 bits per heavy atom. The van der Waals surface area contributed by atoms with Crippen LogP contribution in [-0.2, 0) is 16.4 Å². The molecule has 20 heavy (non-hydrogen) atoms. The van der Waals surface area contributed by atoms with Crippen molar-refractivity contribution in [1.29, 1.82) is 0 Å². The fraction of sp³-hybridized carbons (Fsp3) is 0.182. The number of aromatic nitrogens is 3. The number of carbonyl (C=O) groups is 1. The maximum absolute atomic E-state index is 12.1. The topological polar surface area (TPSA) is 102 Å². The van der Waals surface area contributed by atoms with E-state index in [1.807, 2.05) is 0 Å². The molecular formula is C11H10BrN3O4S. The molecule has 0 spiro atoms. The summed E-state index contributed by atoms with van der Waals surface area (Å²) in [6.07, 6.45) is 1.19. The van der Waals surface area contributed by atoms with Crippen LogP contribution in [0.3, 0.4) is 0 Å². The van der Waals surface area contributed by atoms with Gasteiger partial charge in [-0.05, 0) is 18.2 Å². The Bertz CT molecular complexity index is 742. The Morgan fingerprint density at radius 2 is 2.15 bits per heavy atom. The van der Waals surface area contributed by atoms with E-state index in [9.17, 15) is 13.2 Å². The lowest BCUT2D eigenvalue weighted by atomic mass is 10.4. The van der Waals surface area contributed by atoms with Crippen LogP contribution in [0.15, 0.2) is 39.8 Å². The molecule has 1 N–H and O–H groups in total. The monoisotopic (exact) mass is 359 g/mol. The Labute approximate surface area is 123 Å². The van der Waals surface area contributed by atoms with Crippen LogP contribution in [0.1, 0.15) is 10.5 Å². The molecule has 9 heteroatoms. The van der Waals surface area contributed by atoms with Crippen LogP contribution in [0.5, 0.6) is 0 Å². The minimum atomic E-state index is -3.46. The van der Waals surface area contributed by atoms with Crippen LogP contribution >= 0.6 is 15.9 Å². The second-order valence-electron chi connectivity index (χ2n) is 3.95. The second-order valence-corrected chi connectivity index (χ2v) is 6.97. The van der Waals surface area contributed by atoms with Crippen molar-refractivity contribution >= 4 is 31.7 Å². The zero-order valence-electron chi connectivity index (χ0n) is 10.1. The first kappa shape index (κ1) is 14.7. The molecule has 1 aromatic heterocycles. The molecule has 1 heterocycles. The summed E-state index contributed by atoms with van der Waals surface area (Å²) in [6.45, 7) is 0.0368. The van der Waals surface area contributed by atoms with Crippen LogP contribution in [-0.4, -0.2) is 40.2 Å². The van der Waals surface area contributed by atoms with Crippen molar-refractivity contribution in [1.82, 2.24) is 15.0 Å². The molecule has 0 saturated carbocycles. The number of sulfone groups is 1. The van der Waals surface area contributed by atoms with Crippen LogP contribution < -0.4 is 0 Å². The van der Waals surface area contributed by atoms with Crippen molar-refractivity contribution in [3.63, 3.8) is 0 Å². The van der Waals surface area contributed by atoms with E-state index in [0.717, 1.165) is 0 Å². The molecule has 1 aromatic carbocycles. The number of hydrogen-bond acceptors (Lipinski definition) is 5. The van der Waals surface area contributed by atoms with Crippen LogP contribution in [0.4, 0.5) is 0 Å². The lowest BCUT2D eigenvalue weighted by molar-refractivity contribution is 0.0690. The van der Waals surface area contributed by atoms with Gasteiger partial charge in [-0.1, -0.05) is 27.2 Å². The molecule has 0 saturated heterocycles. The lowest BCUT2D eigenvalue weighted by Crippen LogP contribution is -2.13. The molecule has 0 amide bonds. The quantitative estimate of drug-likeness (QED) is 0.860. The number of aryl methyl sites for hydroxylation is 1. The van der Waals surface area contributed by atoms with E-state index in [2.05, 4.69) is 26.2 Å². The number of carboxylic acid groups (broad SMARTS) is 1. The number of rotatable bonds is 5. The fourth-order valence-electron chi connectivity index (χ4n) is 1.50. The van der Waals surface area contributed by atoms with Gasteiger partial charge in [-0.2, -0.15) is 0 Å². The molecule has 2 aromatic rings. The van der Waals surface area contributed by atoms with Crippen molar-refractivity contribution in [2.45, 2.75) is 11.4 Å². The minimum absolute atomic E-state index is 0.0368. The second kappa shape index (κ2) is 5.71. The van der Waals surface area contributed by atoms with Gasteiger partial charge in [0, 0.05) is 4.47 Å². The highest BCUT2D eigenvalue weighted by atomic mass is 79.9. The third kappa shape index (κ3) is 3.42. The van der Waals surface area contributed by atoms with Gasteiger partial charge >= 0.3 is 5.97 Å². The summed E-state index contributed by atoms with van der Waals surface area (Å²) < 4.78 is 26.1. The SMILES string of the molecule is O=C(O)c1cn(CCS(=O)(=O)c2cccc(Br)c2)nn1. The van der Waals surface area contributed by atoms with Gasteiger partial charge in [0.05, 0.1) is 23.4 Å². The van der Waals surface area contributed by atoms with Gasteiger partial charge in [0.2, 0.25) is 0 Å². The van der Waals surface area contributed by atoms with Crippen LogP contribution in [0, 0.1) is 0 Å². The number of aromatic carboxylic acids is 1. The van der Waals surface area contributed by atoms with Gasteiger partial charge in [-0.3, -0.25) is 4.68 Å². The largest absolute Gasteiger partial charge is 0.476 e. The molecule has 0 aliphatic carbocycles. The fourth-order valence-corrected chi connectivity index (χ4v) is 3.30. The van der Waals surface area contributed by atoms with Crippen LogP contribution in [0.25, 0.3) is 0 Å². The first-order chi connectivity index (χ1) is 9.38. The van der Waals surface area contributed by atoms with Crippen molar-refractivity contribution in [2.24, 2.45) is 0 Å². The summed E-state index contributed by atoms with van der Waals surface area (Å²) in [7, 11) is -3.46. The van der Waals surface area contributed by atoms with E-state index in [1.54, 1.807) is 12.1 Å². The zero-order chi connectivity index (χ0) is 14.8. The minimum Gasteiger partial charge on any atom is -0.476 e. The molecule has 0 radical (unpaired) electrons. The predicted octanol–water partition coefficient (Wildman–Crippen LogP) is 1.21. The molecule has 0 aliphatic rings. The van der Waals surface area contributed by atoms with Gasteiger partial charge in [-0.15, -0.1) is 5.10 Å². The predicted molar refractivity (Wildman–Crippen MR) is 73.2 cm³/mol. The maximum atomic E-state index is 12.1. The van der Waals surface area contributed by atoms with E-state index >= 15 is 0 Å². The Kier molecular flexibility index (Phi) is 4.19. The number of halogens is 1. The average Bonchev–Trinajstić information content (AvgIpc) is 2.85. The van der Waals surface area contributed by atoms with Gasteiger partial charge < -0.3 is 5.11 Å². The molecule has 2 rings (SSSR count). The molecule has 0 fully saturated rings. The molecule has 0 atom stereocenters. The van der Waals surface area contributed by atoms with Gasteiger partial charge in [0.1, 0.15) is 0 Å². The highest BCUT2D eigenvalue weighted by Gasteiger charge is 2.16. The maximum Gasteiger partial charge on any atom is 0.358 e. The third-order valence-corrected chi connectivity index (χ3v) is 4.69. The third-order valence-electron chi connectivity index (χ3n) is 2.50. The van der Waals surface area contributed by atoms with E-state index in [1.165, 1.54) is 23.0 Å². The summed E-state index contributed by atoms with van der Waals surface area (Å²) in [5, 5.41) is 15.7. The highest BCUT2D eigenvalue weighted by Crippen LogP contribution is 2.17. The number of benzene rings is 1. The van der Waals surface area contributed by atoms with E-state index in [-0.39, 0.29) is 22.9 Å². The van der Waals surface area contributed by atoms with Crippen molar-refractivity contribution in [3.05, 3.63) is 40.6 Å². The first-order valence-corrected chi connectivity index (χ1v) is 7.95. The van der Waals surface area contributed by atoms with Gasteiger partial charge in [0.25, 0.3) is 0 Å². The summed E-state index contributed by atoms with van der Waals surface area (Å²) in [4.78, 5) is 10.8. The molecule has 0 unspecified atom stereocenters. The molecule has 0 bridgehead atoms. The Hall–Kier alpha value is -1.74. The average molecular weight is 360 g/mol. The number of nitrogens with zero attached hydrogens (tertiary/aromatic N) is 3. The standard InChI is InChI=1S/C11H10BrN3O4S/c12-8-2-1-3-9(6-8)20(18,19)5-4-15-7-10(11(16)17)13-14-15/h1-3,6-7H,4-5H2,(H,16,17). The van der Waals surface area contributed by atoms with Crippen LogP contribution in [0.2, 0.25) is 0 Å². The Morgan fingerprint density at radius 3 is 2.75 bits per heavy atom. The normalized spacial score (nSPS) is 11.4. The number of carboxylic acids is 1. The summed E-state index contributed by atoms with van der Waals surface area (Å²) in [5.74, 6) is -1.39. The van der Waals surface area contributed by atoms with Crippen molar-refractivity contribution in [3.8, 4) is 0 Å². The lowest BCUT2D eigenvalue weighted by Gasteiger charge is -2.04. The van der Waals surface area contributed by atoms with Gasteiger partial charge in [0.15, 0.2) is 15.5 Å². The van der Waals surface area contributed by atoms with E-state index < -0.39 is 15.8 Å². The zero-order valence-corrected chi connectivity index (χ0v) is 12.5. The van der Waals surface area contributed by atoms with E-state index in [4.69, 9.17) is 5.11 Å². The number of hydrogen-bond donors (Lipinski definition) is 1. The molecular weight excluding hydrogens is 350 g/mol.